The van der Waals surface area contributed by atoms with Gasteiger partial charge < -0.3 is 25.2 Å². The van der Waals surface area contributed by atoms with Gasteiger partial charge in [0.1, 0.15) is 0 Å². The van der Waals surface area contributed by atoms with Gasteiger partial charge in [-0.3, -0.25) is 0 Å². The number of halogens is 1. The molecular weight excluding hydrogens is 370 g/mol. The summed E-state index contributed by atoms with van der Waals surface area (Å²) in [5.41, 5.74) is 0.537. The molecule has 0 aliphatic carbocycles. The van der Waals surface area contributed by atoms with E-state index in [2.05, 4.69) is 25.6 Å². The van der Waals surface area contributed by atoms with Gasteiger partial charge in [0, 0.05) is 27.2 Å². The van der Waals surface area contributed by atoms with Gasteiger partial charge in [-0.25, -0.2) is 4.79 Å². The fraction of sp³-hybridized carbons (Fsp3) is 0.412. The van der Waals surface area contributed by atoms with Crippen LogP contribution in [0.5, 0.6) is 0 Å². The van der Waals surface area contributed by atoms with Crippen molar-refractivity contribution >= 4 is 35.2 Å². The number of carbonyl (C=O) groups is 1. The lowest BCUT2D eigenvalue weighted by Crippen LogP contribution is -2.38. The molecule has 9 nitrogen and oxygen atoms in total. The third-order valence-electron chi connectivity index (χ3n) is 3.88. The van der Waals surface area contributed by atoms with Gasteiger partial charge in [-0.1, -0.05) is 23.7 Å². The minimum atomic E-state index is -0.386. The van der Waals surface area contributed by atoms with E-state index in [4.69, 9.17) is 16.3 Å². The number of nitrogens with one attached hydrogen (secondary N) is 2. The topological polar surface area (TPSA) is 95.5 Å². The Morgan fingerprint density at radius 2 is 1.96 bits per heavy atom. The molecule has 0 spiro atoms. The molecule has 0 bridgehead atoms. The second kappa shape index (κ2) is 8.83. The molecule has 1 saturated heterocycles. The molecule has 1 aromatic carbocycles. The first-order valence-electron chi connectivity index (χ1n) is 8.57. The van der Waals surface area contributed by atoms with Gasteiger partial charge in [0.2, 0.25) is 11.9 Å². The van der Waals surface area contributed by atoms with Crippen LogP contribution in [0.1, 0.15) is 5.82 Å². The fourth-order valence-corrected chi connectivity index (χ4v) is 2.65. The van der Waals surface area contributed by atoms with Crippen LogP contribution in [0, 0.1) is 0 Å². The van der Waals surface area contributed by atoms with E-state index in [0.717, 1.165) is 13.1 Å². The number of aromatic nitrogens is 3. The highest BCUT2D eigenvalue weighted by atomic mass is 35.5. The zero-order chi connectivity index (χ0) is 19.2. The van der Waals surface area contributed by atoms with Crippen LogP contribution in [0.4, 0.5) is 22.4 Å². The molecule has 2 aromatic rings. The van der Waals surface area contributed by atoms with Gasteiger partial charge in [0.25, 0.3) is 0 Å². The van der Waals surface area contributed by atoms with Crippen molar-refractivity contribution in [2.45, 2.75) is 6.54 Å². The Morgan fingerprint density at radius 3 is 2.67 bits per heavy atom. The minimum Gasteiger partial charge on any atom is -0.378 e. The van der Waals surface area contributed by atoms with E-state index >= 15 is 0 Å². The van der Waals surface area contributed by atoms with Gasteiger partial charge in [-0.15, -0.1) is 0 Å². The summed E-state index contributed by atoms with van der Waals surface area (Å²) >= 11 is 6.05. The number of ether oxygens (including phenoxy) is 1. The SMILES string of the molecule is CN(C)c1nc(CNC(=O)Nc2ccccc2Cl)nc(N2CCOCC2)n1. The molecule has 1 aliphatic rings. The zero-order valence-corrected chi connectivity index (χ0v) is 16.0. The number of urea groups is 1. The molecule has 0 unspecified atom stereocenters. The van der Waals surface area contributed by atoms with Crippen LogP contribution in [0.2, 0.25) is 5.02 Å². The largest absolute Gasteiger partial charge is 0.378 e. The molecule has 2 heterocycles. The van der Waals surface area contributed by atoms with Crippen molar-refractivity contribution in [1.29, 1.82) is 0 Å². The van der Waals surface area contributed by atoms with Gasteiger partial charge in [-0.05, 0) is 12.1 Å². The van der Waals surface area contributed by atoms with E-state index in [1.165, 1.54) is 0 Å². The highest BCUT2D eigenvalue weighted by Gasteiger charge is 2.17. The van der Waals surface area contributed by atoms with E-state index < -0.39 is 0 Å². The Labute approximate surface area is 162 Å². The number of nitrogens with zero attached hydrogens (tertiary/aromatic N) is 5. The second-order valence-corrected chi connectivity index (χ2v) is 6.54. The second-order valence-electron chi connectivity index (χ2n) is 6.13. The van der Waals surface area contributed by atoms with Crippen LogP contribution in [-0.2, 0) is 11.3 Å². The third-order valence-corrected chi connectivity index (χ3v) is 4.21. The normalized spacial score (nSPS) is 14.0. The van der Waals surface area contributed by atoms with E-state index in [1.54, 1.807) is 29.2 Å². The minimum absolute atomic E-state index is 0.164. The summed E-state index contributed by atoms with van der Waals surface area (Å²) in [4.78, 5) is 29.4. The molecule has 10 heteroatoms. The van der Waals surface area contributed by atoms with Crippen molar-refractivity contribution in [3.8, 4) is 0 Å². The number of benzene rings is 1. The smallest absolute Gasteiger partial charge is 0.319 e. The Hall–Kier alpha value is -2.65. The lowest BCUT2D eigenvalue weighted by molar-refractivity contribution is 0.122. The fourth-order valence-electron chi connectivity index (χ4n) is 2.47. The number of carbonyl (C=O) groups excluding carboxylic acids is 1. The first kappa shape index (κ1) is 19.1. The van der Waals surface area contributed by atoms with Crippen molar-refractivity contribution in [3.05, 3.63) is 35.1 Å². The molecule has 0 saturated carbocycles. The Kier molecular flexibility index (Phi) is 6.25. The van der Waals surface area contributed by atoms with Crippen molar-refractivity contribution in [2.75, 3.05) is 55.5 Å². The Morgan fingerprint density at radius 1 is 1.22 bits per heavy atom. The predicted octanol–water partition coefficient (Wildman–Crippen LogP) is 1.75. The molecule has 2 N–H and O–H groups in total. The molecule has 144 valence electrons. The summed E-state index contributed by atoms with van der Waals surface area (Å²) in [6.07, 6.45) is 0. The first-order valence-corrected chi connectivity index (χ1v) is 8.95. The predicted molar refractivity (Wildman–Crippen MR) is 104 cm³/mol. The standard InChI is InChI=1S/C17H22ClN7O2/c1-24(2)15-21-14(22-16(23-15)25-7-9-27-10-8-25)11-19-17(26)20-13-6-4-3-5-12(13)18/h3-6H,7-11H2,1-2H3,(H2,19,20,26). The van der Waals surface area contributed by atoms with Crippen LogP contribution in [0.3, 0.4) is 0 Å². The highest BCUT2D eigenvalue weighted by molar-refractivity contribution is 6.33. The van der Waals surface area contributed by atoms with Crippen LogP contribution >= 0.6 is 11.6 Å². The molecule has 27 heavy (non-hydrogen) atoms. The average molecular weight is 392 g/mol. The molecule has 1 aliphatic heterocycles. The first-order chi connectivity index (χ1) is 13.0. The maximum absolute atomic E-state index is 12.2. The number of anilines is 3. The van der Waals surface area contributed by atoms with Crippen LogP contribution < -0.4 is 20.4 Å². The van der Waals surface area contributed by atoms with Gasteiger partial charge >= 0.3 is 6.03 Å². The monoisotopic (exact) mass is 391 g/mol. The van der Waals surface area contributed by atoms with Crippen molar-refractivity contribution in [1.82, 2.24) is 20.3 Å². The Bertz CT molecular complexity index is 797. The van der Waals surface area contributed by atoms with Gasteiger partial charge in [0.15, 0.2) is 5.82 Å². The zero-order valence-electron chi connectivity index (χ0n) is 15.3. The van der Waals surface area contributed by atoms with Gasteiger partial charge in [0.05, 0.1) is 30.5 Å². The molecular formula is C17H22ClN7O2. The third kappa shape index (κ3) is 5.18. The highest BCUT2D eigenvalue weighted by Crippen LogP contribution is 2.20. The van der Waals surface area contributed by atoms with E-state index in [0.29, 0.717) is 41.6 Å². The summed E-state index contributed by atoms with van der Waals surface area (Å²) in [5, 5.41) is 5.92. The summed E-state index contributed by atoms with van der Waals surface area (Å²) in [5.74, 6) is 1.60. The Balaban J connectivity index is 1.68. The summed E-state index contributed by atoms with van der Waals surface area (Å²) in [7, 11) is 3.72. The molecule has 0 radical (unpaired) electrons. The number of hydrogen-bond donors (Lipinski definition) is 2. The van der Waals surface area contributed by atoms with Crippen molar-refractivity contribution < 1.29 is 9.53 Å². The van der Waals surface area contributed by atoms with E-state index in [1.807, 2.05) is 19.0 Å². The molecule has 2 amide bonds. The molecule has 1 fully saturated rings. The number of morpholine rings is 1. The molecule has 0 atom stereocenters. The lowest BCUT2D eigenvalue weighted by Gasteiger charge is -2.27. The number of para-hydroxylation sites is 1. The van der Waals surface area contributed by atoms with Crippen LogP contribution in [0.25, 0.3) is 0 Å². The number of rotatable bonds is 5. The van der Waals surface area contributed by atoms with E-state index in [-0.39, 0.29) is 12.6 Å². The summed E-state index contributed by atoms with van der Waals surface area (Å²) < 4.78 is 5.38. The van der Waals surface area contributed by atoms with Crippen LogP contribution in [-0.4, -0.2) is 61.4 Å². The molecule has 1 aromatic heterocycles. The van der Waals surface area contributed by atoms with E-state index in [9.17, 15) is 4.79 Å². The maximum Gasteiger partial charge on any atom is 0.319 e. The van der Waals surface area contributed by atoms with Crippen molar-refractivity contribution in [2.24, 2.45) is 0 Å². The maximum atomic E-state index is 12.2. The van der Waals surface area contributed by atoms with Gasteiger partial charge in [-0.2, -0.15) is 15.0 Å². The quantitative estimate of drug-likeness (QED) is 0.801. The lowest BCUT2D eigenvalue weighted by atomic mass is 10.3. The summed E-state index contributed by atoms with van der Waals surface area (Å²) in [6.45, 7) is 2.87. The summed E-state index contributed by atoms with van der Waals surface area (Å²) in [6, 6.07) is 6.65. The number of hydrogen-bond acceptors (Lipinski definition) is 7. The number of amides is 2. The molecule has 3 rings (SSSR count). The van der Waals surface area contributed by atoms with Crippen molar-refractivity contribution in [3.63, 3.8) is 0 Å². The van der Waals surface area contributed by atoms with Crippen LogP contribution in [0.15, 0.2) is 24.3 Å². The average Bonchev–Trinajstić information content (AvgIpc) is 2.68.